The molecule has 1 saturated heterocycles. The van der Waals surface area contributed by atoms with E-state index in [2.05, 4.69) is 19.7 Å². The molecule has 0 aliphatic carbocycles. The van der Waals surface area contributed by atoms with Gasteiger partial charge in [-0.15, -0.1) is 0 Å². The maximum Gasteiger partial charge on any atom is 0.327 e. The normalized spacial score (nSPS) is 14.4. The molecule has 168 valence electrons. The lowest BCUT2D eigenvalue weighted by Crippen LogP contribution is -2.39. The number of rotatable bonds is 6. The van der Waals surface area contributed by atoms with E-state index in [1.165, 1.54) is 13.3 Å². The lowest BCUT2D eigenvalue weighted by molar-refractivity contribution is -0.141. The molecule has 3 aromatic rings. The summed E-state index contributed by atoms with van der Waals surface area (Å²) in [5.41, 5.74) is 1.03. The van der Waals surface area contributed by atoms with Crippen molar-refractivity contribution in [2.24, 2.45) is 0 Å². The topological polar surface area (TPSA) is 109 Å². The van der Waals surface area contributed by atoms with Crippen LogP contribution in [0.15, 0.2) is 35.4 Å². The molecule has 0 unspecified atom stereocenters. The molecule has 1 fully saturated rings. The maximum absolute atomic E-state index is 12.7. The highest BCUT2D eigenvalue weighted by Crippen LogP contribution is 2.26. The van der Waals surface area contributed by atoms with Gasteiger partial charge >= 0.3 is 5.97 Å². The lowest BCUT2D eigenvalue weighted by Gasteiger charge is -2.33. The zero-order valence-electron chi connectivity index (χ0n) is 18.3. The Balaban J connectivity index is 1.47. The molecule has 32 heavy (non-hydrogen) atoms. The summed E-state index contributed by atoms with van der Waals surface area (Å²) in [4.78, 5) is 35.3. The number of aromatic nitrogens is 4. The van der Waals surface area contributed by atoms with Crippen LogP contribution < -0.4 is 19.9 Å². The van der Waals surface area contributed by atoms with Crippen LogP contribution in [0.2, 0.25) is 0 Å². The molecule has 4 rings (SSSR count). The highest BCUT2D eigenvalue weighted by molar-refractivity contribution is 5.80. The first-order valence-corrected chi connectivity index (χ1v) is 10.3. The number of carbonyl (C=O) groups is 1. The average Bonchev–Trinajstić information content (AvgIpc) is 2.82. The number of esters is 1. The van der Waals surface area contributed by atoms with E-state index in [1.54, 1.807) is 25.4 Å². The number of piperidine rings is 1. The summed E-state index contributed by atoms with van der Waals surface area (Å²) in [6, 6.07) is 5.44. The predicted octanol–water partition coefficient (Wildman–Crippen LogP) is 1.72. The van der Waals surface area contributed by atoms with Gasteiger partial charge in [-0.1, -0.05) is 0 Å². The molecule has 10 nitrogen and oxygen atoms in total. The Labute approximate surface area is 184 Å². The van der Waals surface area contributed by atoms with Crippen molar-refractivity contribution >= 4 is 22.7 Å². The molecule has 0 spiro atoms. The SMILES string of the molecule is COC(=O)Cn1ncc2nc(N3CCC(Oc4ccc(OC)nc4)CC3)c(C)cc2c1=O. The van der Waals surface area contributed by atoms with Crippen molar-refractivity contribution in [3.05, 3.63) is 46.5 Å². The molecule has 1 aliphatic rings. The molecule has 10 heteroatoms. The van der Waals surface area contributed by atoms with Gasteiger partial charge in [-0.2, -0.15) is 5.10 Å². The van der Waals surface area contributed by atoms with Gasteiger partial charge in [0.15, 0.2) is 0 Å². The van der Waals surface area contributed by atoms with Crippen molar-refractivity contribution in [3.8, 4) is 11.6 Å². The van der Waals surface area contributed by atoms with Gasteiger partial charge in [0.05, 0.1) is 37.5 Å². The molecule has 0 amide bonds. The Morgan fingerprint density at radius 1 is 1.19 bits per heavy atom. The lowest BCUT2D eigenvalue weighted by atomic mass is 10.1. The van der Waals surface area contributed by atoms with Crippen molar-refractivity contribution in [1.82, 2.24) is 19.7 Å². The molecule has 0 aromatic carbocycles. The molecule has 4 heterocycles. The number of nitrogens with zero attached hydrogens (tertiary/aromatic N) is 5. The van der Waals surface area contributed by atoms with Crippen LogP contribution in [0.1, 0.15) is 18.4 Å². The van der Waals surface area contributed by atoms with Crippen LogP contribution in [0.5, 0.6) is 11.6 Å². The highest BCUT2D eigenvalue weighted by atomic mass is 16.5. The third-order valence-corrected chi connectivity index (χ3v) is 5.47. The van der Waals surface area contributed by atoms with E-state index in [0.29, 0.717) is 16.8 Å². The Morgan fingerprint density at radius 2 is 1.97 bits per heavy atom. The minimum Gasteiger partial charge on any atom is -0.489 e. The minimum atomic E-state index is -0.532. The number of anilines is 1. The van der Waals surface area contributed by atoms with E-state index < -0.39 is 5.97 Å². The van der Waals surface area contributed by atoms with E-state index >= 15 is 0 Å². The molecular weight excluding hydrogens is 414 g/mol. The maximum atomic E-state index is 12.7. The van der Waals surface area contributed by atoms with Crippen LogP contribution in [-0.4, -0.2) is 59.1 Å². The summed E-state index contributed by atoms with van der Waals surface area (Å²) >= 11 is 0. The van der Waals surface area contributed by atoms with Crippen molar-refractivity contribution in [3.63, 3.8) is 0 Å². The summed E-state index contributed by atoms with van der Waals surface area (Å²) in [6.07, 6.45) is 4.94. The second-order valence-corrected chi connectivity index (χ2v) is 7.59. The number of hydrogen-bond donors (Lipinski definition) is 0. The number of methoxy groups -OCH3 is 2. The van der Waals surface area contributed by atoms with E-state index in [0.717, 1.165) is 47.7 Å². The third-order valence-electron chi connectivity index (χ3n) is 5.47. The van der Waals surface area contributed by atoms with Crippen LogP contribution in [0.4, 0.5) is 5.82 Å². The van der Waals surface area contributed by atoms with Crippen LogP contribution >= 0.6 is 0 Å². The smallest absolute Gasteiger partial charge is 0.327 e. The predicted molar refractivity (Wildman–Crippen MR) is 117 cm³/mol. The van der Waals surface area contributed by atoms with E-state index in [9.17, 15) is 9.59 Å². The van der Waals surface area contributed by atoms with E-state index in [1.807, 2.05) is 13.0 Å². The van der Waals surface area contributed by atoms with Gasteiger partial charge in [-0.3, -0.25) is 9.59 Å². The molecule has 0 radical (unpaired) electrons. The van der Waals surface area contributed by atoms with Crippen LogP contribution in [0.3, 0.4) is 0 Å². The highest BCUT2D eigenvalue weighted by Gasteiger charge is 2.23. The Bertz CT molecular complexity index is 1170. The zero-order valence-corrected chi connectivity index (χ0v) is 18.3. The fourth-order valence-corrected chi connectivity index (χ4v) is 3.76. The van der Waals surface area contributed by atoms with Gasteiger partial charge < -0.3 is 19.1 Å². The number of pyridine rings is 2. The number of hydrogen-bond acceptors (Lipinski definition) is 9. The fraction of sp³-hybridized carbons (Fsp3) is 0.409. The first kappa shape index (κ1) is 21.5. The molecule has 0 saturated carbocycles. The second-order valence-electron chi connectivity index (χ2n) is 7.59. The van der Waals surface area contributed by atoms with Gasteiger partial charge in [-0.25, -0.2) is 14.6 Å². The number of aryl methyl sites for hydroxylation is 1. The second kappa shape index (κ2) is 9.21. The summed E-state index contributed by atoms with van der Waals surface area (Å²) < 4.78 is 16.8. The molecule has 0 N–H and O–H groups in total. The van der Waals surface area contributed by atoms with Crippen molar-refractivity contribution < 1.29 is 19.0 Å². The monoisotopic (exact) mass is 439 g/mol. The number of carbonyl (C=O) groups excluding carboxylic acids is 1. The average molecular weight is 439 g/mol. The van der Waals surface area contributed by atoms with Gasteiger partial charge in [-0.05, 0) is 24.6 Å². The van der Waals surface area contributed by atoms with Gasteiger partial charge in [0.25, 0.3) is 5.56 Å². The first-order valence-electron chi connectivity index (χ1n) is 10.3. The van der Waals surface area contributed by atoms with Gasteiger partial charge in [0.2, 0.25) is 5.88 Å². The van der Waals surface area contributed by atoms with Crippen molar-refractivity contribution in [1.29, 1.82) is 0 Å². The molecule has 1 aliphatic heterocycles. The molecule has 0 bridgehead atoms. The molecule has 3 aromatic heterocycles. The first-order chi connectivity index (χ1) is 15.5. The largest absolute Gasteiger partial charge is 0.489 e. The van der Waals surface area contributed by atoms with Gasteiger partial charge in [0.1, 0.15) is 24.2 Å². The number of ether oxygens (including phenoxy) is 3. The molecular formula is C22H25N5O5. The number of fused-ring (bicyclic) bond motifs is 1. The quantitative estimate of drug-likeness (QED) is 0.530. The van der Waals surface area contributed by atoms with E-state index in [-0.39, 0.29) is 18.2 Å². The fourth-order valence-electron chi connectivity index (χ4n) is 3.76. The summed E-state index contributed by atoms with van der Waals surface area (Å²) in [7, 11) is 2.85. The van der Waals surface area contributed by atoms with E-state index in [4.69, 9.17) is 14.5 Å². The summed E-state index contributed by atoms with van der Waals surface area (Å²) in [5, 5.41) is 4.50. The summed E-state index contributed by atoms with van der Waals surface area (Å²) in [5.74, 6) is 1.57. The van der Waals surface area contributed by atoms with Crippen LogP contribution in [0.25, 0.3) is 10.9 Å². The minimum absolute atomic E-state index is 0.0920. The standard InChI is InChI=1S/C22H25N5O5/c1-14-10-17-18(12-24-27(22(17)29)13-20(28)31-3)25-21(14)26-8-6-15(7-9-26)32-16-4-5-19(30-2)23-11-16/h4-5,10-12,15H,6-9,13H2,1-3H3. The Kier molecular flexibility index (Phi) is 6.20. The Morgan fingerprint density at radius 3 is 2.62 bits per heavy atom. The van der Waals surface area contributed by atoms with Crippen molar-refractivity contribution in [2.45, 2.75) is 32.4 Å². The summed E-state index contributed by atoms with van der Waals surface area (Å²) in [6.45, 7) is 3.25. The molecule has 0 atom stereocenters. The van der Waals surface area contributed by atoms with Crippen molar-refractivity contribution in [2.75, 3.05) is 32.2 Å². The van der Waals surface area contributed by atoms with Gasteiger partial charge in [0, 0.05) is 32.0 Å². The zero-order chi connectivity index (χ0) is 22.7. The third kappa shape index (κ3) is 4.48. The van der Waals surface area contributed by atoms with Crippen LogP contribution in [0, 0.1) is 6.92 Å². The Hall–Kier alpha value is -3.69. The van der Waals surface area contributed by atoms with Crippen LogP contribution in [-0.2, 0) is 16.1 Å².